The molecule has 0 spiro atoms. The van der Waals surface area contributed by atoms with Crippen molar-refractivity contribution < 1.29 is 22.6 Å². The van der Waals surface area contributed by atoms with Crippen molar-refractivity contribution in [1.29, 1.82) is 0 Å². The number of halogens is 3. The Bertz CT molecular complexity index is 692. The predicted molar refractivity (Wildman–Crippen MR) is 69.4 cm³/mol. The van der Waals surface area contributed by atoms with Gasteiger partial charge in [0.05, 0.1) is 0 Å². The molecule has 112 valence electrons. The molecule has 1 aromatic carbocycles. The van der Waals surface area contributed by atoms with Crippen LogP contribution in [0.2, 0.25) is 0 Å². The highest BCUT2D eigenvalue weighted by Crippen LogP contribution is 2.41. The van der Waals surface area contributed by atoms with E-state index in [4.69, 9.17) is 9.47 Å². The van der Waals surface area contributed by atoms with E-state index in [0.29, 0.717) is 36.0 Å². The van der Waals surface area contributed by atoms with Crippen LogP contribution in [0.1, 0.15) is 11.4 Å². The number of fused-ring (bicyclic) bond motifs is 1. The Morgan fingerprint density at radius 3 is 2.48 bits per heavy atom. The number of hydrogen-bond acceptors (Lipinski definition) is 3. The Labute approximate surface area is 119 Å². The molecule has 0 radical (unpaired) electrons. The summed E-state index contributed by atoms with van der Waals surface area (Å²) in [5.74, 6) is 0.996. The van der Waals surface area contributed by atoms with Crippen LogP contribution in [-0.2, 0) is 13.2 Å². The number of hydrogen-bond donors (Lipinski definition) is 0. The summed E-state index contributed by atoms with van der Waals surface area (Å²) < 4.78 is 51.4. The summed E-state index contributed by atoms with van der Waals surface area (Å²) in [6.07, 6.45) is -4.51. The van der Waals surface area contributed by atoms with E-state index in [-0.39, 0.29) is 5.56 Å². The van der Waals surface area contributed by atoms with Gasteiger partial charge in [0.15, 0.2) is 17.2 Å². The van der Waals surface area contributed by atoms with Gasteiger partial charge in [-0.05, 0) is 24.6 Å². The molecule has 0 unspecified atom stereocenters. The van der Waals surface area contributed by atoms with Gasteiger partial charge in [-0.3, -0.25) is 4.68 Å². The van der Waals surface area contributed by atoms with Gasteiger partial charge in [0.2, 0.25) is 0 Å². The highest BCUT2D eigenvalue weighted by molar-refractivity contribution is 5.72. The standard InChI is InChI=1S/C14H13F3N2O2/c1-8-12(13(14(15,16)17)18-19(8)2)9-3-4-10-11(7-9)21-6-5-20-10/h3-4,7H,5-6H2,1-2H3. The van der Waals surface area contributed by atoms with Gasteiger partial charge in [0, 0.05) is 18.3 Å². The third-order valence-corrected chi connectivity index (χ3v) is 3.43. The minimum absolute atomic E-state index is 0.0713. The SMILES string of the molecule is Cc1c(-c2ccc3c(c2)OCCO3)c(C(F)(F)F)nn1C. The van der Waals surface area contributed by atoms with Crippen LogP contribution < -0.4 is 9.47 Å². The summed E-state index contributed by atoms with van der Waals surface area (Å²) in [5.41, 5.74) is 0.0392. The fourth-order valence-corrected chi connectivity index (χ4v) is 2.35. The maximum absolute atomic E-state index is 13.1. The molecule has 1 aliphatic heterocycles. The Morgan fingerprint density at radius 1 is 1.14 bits per heavy atom. The molecular formula is C14H13F3N2O2. The highest BCUT2D eigenvalue weighted by Gasteiger charge is 2.38. The van der Waals surface area contributed by atoms with Crippen LogP contribution in [0, 0.1) is 6.92 Å². The zero-order chi connectivity index (χ0) is 15.2. The number of ether oxygens (including phenoxy) is 2. The van der Waals surface area contributed by atoms with Crippen molar-refractivity contribution in [1.82, 2.24) is 9.78 Å². The van der Waals surface area contributed by atoms with Gasteiger partial charge in [-0.15, -0.1) is 0 Å². The summed E-state index contributed by atoms with van der Waals surface area (Å²) in [6, 6.07) is 4.77. The number of alkyl halides is 3. The quantitative estimate of drug-likeness (QED) is 0.811. The summed E-state index contributed by atoms with van der Waals surface area (Å²) in [4.78, 5) is 0. The summed E-state index contributed by atoms with van der Waals surface area (Å²) in [7, 11) is 1.49. The Hall–Kier alpha value is -2.18. The van der Waals surface area contributed by atoms with E-state index in [2.05, 4.69) is 5.10 Å². The lowest BCUT2D eigenvalue weighted by atomic mass is 10.0. The van der Waals surface area contributed by atoms with E-state index < -0.39 is 11.9 Å². The van der Waals surface area contributed by atoms with Gasteiger partial charge in [0.25, 0.3) is 0 Å². The van der Waals surface area contributed by atoms with Crippen molar-refractivity contribution in [2.45, 2.75) is 13.1 Å². The highest BCUT2D eigenvalue weighted by atomic mass is 19.4. The van der Waals surface area contributed by atoms with Crippen LogP contribution in [0.5, 0.6) is 11.5 Å². The second-order valence-electron chi connectivity index (χ2n) is 4.79. The Morgan fingerprint density at radius 2 is 1.81 bits per heavy atom. The third kappa shape index (κ3) is 2.32. The number of aromatic nitrogens is 2. The lowest BCUT2D eigenvalue weighted by Crippen LogP contribution is -2.15. The fourth-order valence-electron chi connectivity index (χ4n) is 2.35. The smallest absolute Gasteiger partial charge is 0.435 e. The van der Waals surface area contributed by atoms with Crippen LogP contribution in [0.15, 0.2) is 18.2 Å². The minimum atomic E-state index is -4.51. The average molecular weight is 298 g/mol. The van der Waals surface area contributed by atoms with Gasteiger partial charge in [-0.1, -0.05) is 6.07 Å². The first-order chi connectivity index (χ1) is 9.88. The van der Waals surface area contributed by atoms with Crippen molar-refractivity contribution >= 4 is 0 Å². The van der Waals surface area contributed by atoms with Crippen LogP contribution in [0.3, 0.4) is 0 Å². The van der Waals surface area contributed by atoms with E-state index in [1.807, 2.05) is 0 Å². The summed E-state index contributed by atoms with van der Waals surface area (Å²) >= 11 is 0. The molecule has 0 amide bonds. The molecule has 3 rings (SSSR count). The number of rotatable bonds is 1. The molecule has 1 aromatic heterocycles. The molecule has 4 nitrogen and oxygen atoms in total. The van der Waals surface area contributed by atoms with Crippen molar-refractivity contribution in [3.05, 3.63) is 29.6 Å². The maximum Gasteiger partial charge on any atom is 0.435 e. The van der Waals surface area contributed by atoms with Crippen LogP contribution in [0.4, 0.5) is 13.2 Å². The number of aryl methyl sites for hydroxylation is 1. The van der Waals surface area contributed by atoms with Gasteiger partial charge < -0.3 is 9.47 Å². The van der Waals surface area contributed by atoms with E-state index in [1.165, 1.54) is 11.7 Å². The molecule has 0 saturated heterocycles. The molecule has 0 fully saturated rings. The van der Waals surface area contributed by atoms with Gasteiger partial charge in [-0.25, -0.2) is 0 Å². The number of benzene rings is 1. The molecule has 2 aromatic rings. The van der Waals surface area contributed by atoms with E-state index >= 15 is 0 Å². The Balaban J connectivity index is 2.16. The van der Waals surface area contributed by atoms with Gasteiger partial charge in [0.1, 0.15) is 13.2 Å². The lowest BCUT2D eigenvalue weighted by Gasteiger charge is -2.19. The molecule has 1 aliphatic rings. The van der Waals surface area contributed by atoms with Crippen molar-refractivity contribution in [2.75, 3.05) is 13.2 Å². The second-order valence-corrected chi connectivity index (χ2v) is 4.79. The molecular weight excluding hydrogens is 285 g/mol. The first kappa shape index (κ1) is 13.8. The predicted octanol–water partition coefficient (Wildman–Crippen LogP) is 3.19. The summed E-state index contributed by atoms with van der Waals surface area (Å²) in [6.45, 7) is 2.43. The van der Waals surface area contributed by atoms with Crippen LogP contribution in [-0.4, -0.2) is 23.0 Å². The second kappa shape index (κ2) is 4.68. The summed E-state index contributed by atoms with van der Waals surface area (Å²) in [5, 5.41) is 3.59. The molecule has 0 saturated carbocycles. The van der Waals surface area contributed by atoms with Crippen molar-refractivity contribution in [3.63, 3.8) is 0 Å². The third-order valence-electron chi connectivity index (χ3n) is 3.43. The topological polar surface area (TPSA) is 36.3 Å². The molecule has 7 heteroatoms. The fraction of sp³-hybridized carbons (Fsp3) is 0.357. The Kier molecular flexibility index (Phi) is 3.07. The molecule has 21 heavy (non-hydrogen) atoms. The normalized spacial score (nSPS) is 14.3. The number of nitrogens with zero attached hydrogens (tertiary/aromatic N) is 2. The molecule has 0 bridgehead atoms. The van der Waals surface area contributed by atoms with Gasteiger partial charge >= 0.3 is 6.18 Å². The van der Waals surface area contributed by atoms with E-state index in [0.717, 1.165) is 0 Å². The first-order valence-electron chi connectivity index (χ1n) is 6.39. The van der Waals surface area contributed by atoms with Crippen LogP contribution in [0.25, 0.3) is 11.1 Å². The molecule has 0 aliphatic carbocycles. The first-order valence-corrected chi connectivity index (χ1v) is 6.39. The monoisotopic (exact) mass is 298 g/mol. The van der Waals surface area contributed by atoms with Crippen molar-refractivity contribution in [2.24, 2.45) is 7.05 Å². The molecule has 2 heterocycles. The molecule has 0 N–H and O–H groups in total. The minimum Gasteiger partial charge on any atom is -0.486 e. The van der Waals surface area contributed by atoms with Crippen molar-refractivity contribution in [3.8, 4) is 22.6 Å². The van der Waals surface area contributed by atoms with E-state index in [1.54, 1.807) is 25.1 Å². The zero-order valence-corrected chi connectivity index (χ0v) is 11.5. The van der Waals surface area contributed by atoms with Gasteiger partial charge in [-0.2, -0.15) is 18.3 Å². The van der Waals surface area contributed by atoms with Crippen LogP contribution >= 0.6 is 0 Å². The van der Waals surface area contributed by atoms with E-state index in [9.17, 15) is 13.2 Å². The largest absolute Gasteiger partial charge is 0.486 e. The molecule has 0 atom stereocenters. The maximum atomic E-state index is 13.1. The lowest BCUT2D eigenvalue weighted by molar-refractivity contribution is -0.140. The zero-order valence-electron chi connectivity index (χ0n) is 11.5. The average Bonchev–Trinajstić information content (AvgIpc) is 2.74.